The molecule has 0 aliphatic carbocycles. The lowest BCUT2D eigenvalue weighted by atomic mass is 10.1. The number of hydrogen-bond donors (Lipinski definition) is 2. The standard InChI is InChI=1S/C13H12N4S/c14-17-12(15-16-13(17)18)8-9-5-6-10-3-1-2-4-11(10)7-9/h1-7H,8,14H2,(H,16,18). The molecule has 0 saturated heterocycles. The van der Waals surface area contributed by atoms with Crippen LogP contribution in [0.15, 0.2) is 42.5 Å². The van der Waals surface area contributed by atoms with Gasteiger partial charge in [-0.2, -0.15) is 5.10 Å². The third-order valence-electron chi connectivity index (χ3n) is 2.95. The predicted molar refractivity (Wildman–Crippen MR) is 74.3 cm³/mol. The minimum absolute atomic E-state index is 0.436. The zero-order chi connectivity index (χ0) is 12.5. The summed E-state index contributed by atoms with van der Waals surface area (Å²) in [6, 6.07) is 14.6. The number of nitrogens with one attached hydrogen (secondary N) is 1. The summed E-state index contributed by atoms with van der Waals surface area (Å²) in [4.78, 5) is 0. The SMILES string of the molecule is Nn1c(Cc2ccc3ccccc3c2)n[nH]c1=S. The third-order valence-corrected chi connectivity index (χ3v) is 3.24. The van der Waals surface area contributed by atoms with Gasteiger partial charge in [-0.05, 0) is 28.6 Å². The summed E-state index contributed by atoms with van der Waals surface area (Å²) in [5.41, 5.74) is 1.16. The van der Waals surface area contributed by atoms with Crippen molar-refractivity contribution in [2.45, 2.75) is 6.42 Å². The molecular formula is C13H12N4S. The lowest BCUT2D eigenvalue weighted by Crippen LogP contribution is -2.13. The summed E-state index contributed by atoms with van der Waals surface area (Å²) in [7, 11) is 0. The van der Waals surface area contributed by atoms with Crippen LogP contribution in [-0.4, -0.2) is 14.9 Å². The van der Waals surface area contributed by atoms with Crippen molar-refractivity contribution in [2.24, 2.45) is 0 Å². The maximum Gasteiger partial charge on any atom is 0.214 e. The molecule has 0 bridgehead atoms. The molecule has 2 aromatic carbocycles. The van der Waals surface area contributed by atoms with E-state index in [9.17, 15) is 0 Å². The van der Waals surface area contributed by atoms with Gasteiger partial charge in [0.2, 0.25) is 4.77 Å². The first-order valence-electron chi connectivity index (χ1n) is 5.63. The van der Waals surface area contributed by atoms with Crippen LogP contribution in [0.3, 0.4) is 0 Å². The largest absolute Gasteiger partial charge is 0.335 e. The Bertz CT molecular complexity index is 757. The third kappa shape index (κ3) is 1.89. The molecule has 0 atom stereocenters. The number of nitrogens with two attached hydrogens (primary N) is 1. The molecule has 0 aliphatic rings. The Morgan fingerprint density at radius 3 is 2.67 bits per heavy atom. The Labute approximate surface area is 109 Å². The molecule has 0 saturated carbocycles. The summed E-state index contributed by atoms with van der Waals surface area (Å²) in [6.07, 6.45) is 0.661. The van der Waals surface area contributed by atoms with Crippen molar-refractivity contribution >= 4 is 23.0 Å². The van der Waals surface area contributed by atoms with Gasteiger partial charge >= 0.3 is 0 Å². The zero-order valence-corrected chi connectivity index (χ0v) is 10.4. The van der Waals surface area contributed by atoms with Crippen molar-refractivity contribution in [3.8, 4) is 0 Å². The molecule has 1 aromatic heterocycles. The van der Waals surface area contributed by atoms with Crippen molar-refractivity contribution in [3.63, 3.8) is 0 Å². The fourth-order valence-corrected chi connectivity index (χ4v) is 2.14. The van der Waals surface area contributed by atoms with Gasteiger partial charge in [-0.15, -0.1) is 0 Å². The Morgan fingerprint density at radius 1 is 1.17 bits per heavy atom. The van der Waals surface area contributed by atoms with Gasteiger partial charge in [-0.25, -0.2) is 4.68 Å². The fraction of sp³-hybridized carbons (Fsp3) is 0.0769. The van der Waals surface area contributed by atoms with E-state index in [2.05, 4.69) is 40.5 Å². The maximum absolute atomic E-state index is 5.78. The van der Waals surface area contributed by atoms with Gasteiger partial charge in [0.05, 0.1) is 0 Å². The highest BCUT2D eigenvalue weighted by Gasteiger charge is 2.04. The second kappa shape index (κ2) is 4.27. The molecule has 0 radical (unpaired) electrons. The van der Waals surface area contributed by atoms with E-state index in [4.69, 9.17) is 18.1 Å². The molecule has 0 aliphatic heterocycles. The van der Waals surface area contributed by atoms with Crippen LogP contribution in [0.4, 0.5) is 0 Å². The normalized spacial score (nSPS) is 10.9. The van der Waals surface area contributed by atoms with Gasteiger partial charge in [0.1, 0.15) is 0 Å². The molecule has 3 N–H and O–H groups in total. The lowest BCUT2D eigenvalue weighted by Gasteiger charge is -2.03. The number of nitrogen functional groups attached to an aromatic ring is 1. The molecule has 5 heteroatoms. The number of H-pyrrole nitrogens is 1. The summed E-state index contributed by atoms with van der Waals surface area (Å²) in [5.74, 6) is 6.51. The van der Waals surface area contributed by atoms with Crippen molar-refractivity contribution in [1.82, 2.24) is 14.9 Å². The number of rotatable bonds is 2. The molecular weight excluding hydrogens is 244 g/mol. The van der Waals surface area contributed by atoms with Gasteiger partial charge < -0.3 is 5.84 Å². The lowest BCUT2D eigenvalue weighted by molar-refractivity contribution is 0.869. The number of hydrogen-bond acceptors (Lipinski definition) is 3. The fourth-order valence-electron chi connectivity index (χ4n) is 1.99. The molecule has 0 fully saturated rings. The van der Waals surface area contributed by atoms with Crippen LogP contribution in [0.25, 0.3) is 10.8 Å². The molecule has 1 heterocycles. The number of aromatic amines is 1. The van der Waals surface area contributed by atoms with Gasteiger partial charge in [0.15, 0.2) is 5.82 Å². The monoisotopic (exact) mass is 256 g/mol. The number of aromatic nitrogens is 3. The van der Waals surface area contributed by atoms with E-state index in [1.165, 1.54) is 15.4 Å². The molecule has 0 unspecified atom stereocenters. The van der Waals surface area contributed by atoms with E-state index >= 15 is 0 Å². The molecule has 90 valence electrons. The van der Waals surface area contributed by atoms with Gasteiger partial charge in [0.25, 0.3) is 0 Å². The Hall–Kier alpha value is -2.14. The molecule has 18 heavy (non-hydrogen) atoms. The van der Waals surface area contributed by atoms with Gasteiger partial charge in [-0.1, -0.05) is 42.5 Å². The molecule has 3 aromatic rings. The van der Waals surface area contributed by atoms with Crippen LogP contribution in [0.1, 0.15) is 11.4 Å². The van der Waals surface area contributed by atoms with Crippen LogP contribution in [0.2, 0.25) is 0 Å². The highest BCUT2D eigenvalue weighted by atomic mass is 32.1. The van der Waals surface area contributed by atoms with E-state index in [1.807, 2.05) is 12.1 Å². The topological polar surface area (TPSA) is 59.6 Å². The second-order valence-corrected chi connectivity index (χ2v) is 4.56. The first-order chi connectivity index (χ1) is 8.74. The van der Waals surface area contributed by atoms with Crippen molar-refractivity contribution in [2.75, 3.05) is 5.84 Å². The van der Waals surface area contributed by atoms with Crippen LogP contribution in [0, 0.1) is 4.77 Å². The molecule has 0 amide bonds. The number of fused-ring (bicyclic) bond motifs is 1. The highest BCUT2D eigenvalue weighted by Crippen LogP contribution is 2.17. The van der Waals surface area contributed by atoms with Crippen molar-refractivity contribution in [3.05, 3.63) is 58.6 Å². The highest BCUT2D eigenvalue weighted by molar-refractivity contribution is 7.71. The quantitative estimate of drug-likeness (QED) is 0.547. The zero-order valence-electron chi connectivity index (χ0n) is 9.63. The Kier molecular flexibility index (Phi) is 2.60. The second-order valence-electron chi connectivity index (χ2n) is 4.17. The van der Waals surface area contributed by atoms with E-state index in [-0.39, 0.29) is 0 Å². The molecule has 3 rings (SSSR count). The number of nitrogens with zero attached hydrogens (tertiary/aromatic N) is 2. The number of benzene rings is 2. The van der Waals surface area contributed by atoms with Gasteiger partial charge in [0, 0.05) is 6.42 Å². The van der Waals surface area contributed by atoms with E-state index in [0.717, 1.165) is 11.4 Å². The summed E-state index contributed by atoms with van der Waals surface area (Å²) < 4.78 is 1.84. The van der Waals surface area contributed by atoms with E-state index in [0.29, 0.717) is 11.2 Å². The van der Waals surface area contributed by atoms with E-state index in [1.54, 1.807) is 0 Å². The van der Waals surface area contributed by atoms with Gasteiger partial charge in [-0.3, -0.25) is 5.10 Å². The average molecular weight is 256 g/mol. The predicted octanol–water partition coefficient (Wildman–Crippen LogP) is 2.40. The van der Waals surface area contributed by atoms with Crippen LogP contribution in [-0.2, 0) is 6.42 Å². The molecule has 4 nitrogen and oxygen atoms in total. The summed E-state index contributed by atoms with van der Waals surface area (Å²) in [5, 5.41) is 9.24. The summed E-state index contributed by atoms with van der Waals surface area (Å²) in [6.45, 7) is 0. The van der Waals surface area contributed by atoms with Crippen LogP contribution < -0.4 is 5.84 Å². The van der Waals surface area contributed by atoms with Crippen molar-refractivity contribution < 1.29 is 0 Å². The Balaban J connectivity index is 2.00. The van der Waals surface area contributed by atoms with Crippen LogP contribution in [0.5, 0.6) is 0 Å². The minimum atomic E-state index is 0.436. The van der Waals surface area contributed by atoms with E-state index < -0.39 is 0 Å². The minimum Gasteiger partial charge on any atom is -0.335 e. The smallest absolute Gasteiger partial charge is 0.214 e. The summed E-state index contributed by atoms with van der Waals surface area (Å²) >= 11 is 4.99. The van der Waals surface area contributed by atoms with Crippen LogP contribution >= 0.6 is 12.2 Å². The first kappa shape index (κ1) is 11.0. The van der Waals surface area contributed by atoms with Crippen molar-refractivity contribution in [1.29, 1.82) is 0 Å². The first-order valence-corrected chi connectivity index (χ1v) is 6.04. The molecule has 0 spiro atoms. The maximum atomic E-state index is 5.78. The Morgan fingerprint density at radius 2 is 1.94 bits per heavy atom. The average Bonchev–Trinajstić information content (AvgIpc) is 2.71.